The summed E-state index contributed by atoms with van der Waals surface area (Å²) in [6.07, 6.45) is -6.88. The SMILES string of the molecule is C[C@@H]1CC[C@H]2[C@@H](C)[C@](OCC=CCO[C@@]3(C(F)(F)F)O[C@@H]4O[C@]5(C)CC[C@H]6[C@H](C)CC[C@@H]([C@H]3C)[C@@]46OO5)(C(F)(F)F)O[C@@H]3O[C@@H]4CC[C@@H]1[C@]32OO4. The van der Waals surface area contributed by atoms with Gasteiger partial charge in [0.05, 0.1) is 13.2 Å². The van der Waals surface area contributed by atoms with Crippen LogP contribution in [0.25, 0.3) is 0 Å². The average molecular weight is 743 g/mol. The summed E-state index contributed by atoms with van der Waals surface area (Å²) in [5.41, 5.74) is -2.47. The van der Waals surface area contributed by atoms with Crippen LogP contribution in [0.4, 0.5) is 26.3 Å². The Hall–Kier alpha value is -1.08. The largest absolute Gasteiger partial charge is 0.443 e. The normalized spacial score (nSPS) is 53.7. The number of hydrogen-bond acceptors (Lipinski definition) is 10. The summed E-state index contributed by atoms with van der Waals surface area (Å²) in [4.78, 5) is 23.1. The highest BCUT2D eigenvalue weighted by atomic mass is 19.4. The van der Waals surface area contributed by atoms with Gasteiger partial charge in [0.2, 0.25) is 5.79 Å². The van der Waals surface area contributed by atoms with Crippen LogP contribution in [0.15, 0.2) is 12.2 Å². The van der Waals surface area contributed by atoms with E-state index in [2.05, 4.69) is 13.8 Å². The molecule has 2 spiro atoms. The van der Waals surface area contributed by atoms with Gasteiger partial charge in [0.15, 0.2) is 30.1 Å². The van der Waals surface area contributed by atoms with Crippen molar-refractivity contribution in [3.63, 3.8) is 0 Å². The predicted octanol–water partition coefficient (Wildman–Crippen LogP) is 7.47. The molecule has 10 fully saturated rings. The van der Waals surface area contributed by atoms with Crippen LogP contribution in [0.1, 0.15) is 86.0 Å². The van der Waals surface area contributed by atoms with Gasteiger partial charge >= 0.3 is 12.4 Å². The van der Waals surface area contributed by atoms with E-state index in [1.165, 1.54) is 26.0 Å². The van der Waals surface area contributed by atoms with Gasteiger partial charge in [0, 0.05) is 36.5 Å². The van der Waals surface area contributed by atoms with Crippen molar-refractivity contribution >= 4 is 0 Å². The van der Waals surface area contributed by atoms with Gasteiger partial charge in [-0.25, -0.2) is 19.6 Å². The van der Waals surface area contributed by atoms with Gasteiger partial charge in [-0.15, -0.1) is 0 Å². The summed E-state index contributed by atoms with van der Waals surface area (Å²) < 4.78 is 126. The molecule has 0 aromatic carbocycles. The van der Waals surface area contributed by atoms with Gasteiger partial charge in [-0.3, -0.25) is 0 Å². The second kappa shape index (κ2) is 12.2. The fourth-order valence-corrected chi connectivity index (χ4v) is 11.3. The summed E-state index contributed by atoms with van der Waals surface area (Å²) in [7, 11) is 0. The van der Waals surface area contributed by atoms with Crippen molar-refractivity contribution in [2.45, 2.75) is 146 Å². The fraction of sp³-hybridized carbons (Fsp3) is 0.943. The van der Waals surface area contributed by atoms with Gasteiger partial charge in [0.25, 0.3) is 11.6 Å². The molecule has 16 heteroatoms. The summed E-state index contributed by atoms with van der Waals surface area (Å²) in [6.45, 7) is 7.32. The van der Waals surface area contributed by atoms with Crippen LogP contribution in [0.5, 0.6) is 0 Å². The lowest BCUT2D eigenvalue weighted by Gasteiger charge is -2.62. The minimum atomic E-state index is -4.99. The summed E-state index contributed by atoms with van der Waals surface area (Å²) in [5.74, 6) is -11.2. The monoisotopic (exact) mass is 742 g/mol. The smallest absolute Gasteiger partial charge is 0.338 e. The topological polar surface area (TPSA) is 92.3 Å². The summed E-state index contributed by atoms with van der Waals surface area (Å²) in [5, 5.41) is 0. The maximum atomic E-state index is 15.1. The van der Waals surface area contributed by atoms with E-state index in [1.807, 2.05) is 0 Å². The molecule has 10 nitrogen and oxygen atoms in total. The zero-order valence-corrected chi connectivity index (χ0v) is 29.4. The number of rotatable bonds is 6. The number of fused-ring (bicyclic) bond motifs is 4. The molecule has 2 aliphatic carbocycles. The van der Waals surface area contributed by atoms with Crippen molar-refractivity contribution in [2.24, 2.45) is 47.3 Å². The lowest BCUT2D eigenvalue weighted by molar-refractivity contribution is -0.598. The Balaban J connectivity index is 1.01. The molecule has 0 radical (unpaired) electrons. The van der Waals surface area contributed by atoms with Gasteiger partial charge in [-0.1, -0.05) is 39.8 Å². The van der Waals surface area contributed by atoms with Crippen LogP contribution in [0, 0.1) is 47.3 Å². The molecule has 0 N–H and O–H groups in total. The molecule has 0 amide bonds. The number of alkyl halides is 6. The minimum Gasteiger partial charge on any atom is -0.338 e. The first-order valence-electron chi connectivity index (χ1n) is 18.4. The molecule has 0 aromatic rings. The Labute approximate surface area is 292 Å². The zero-order valence-electron chi connectivity index (χ0n) is 29.4. The highest BCUT2D eigenvalue weighted by Gasteiger charge is 2.78. The van der Waals surface area contributed by atoms with Gasteiger partial charge in [-0.05, 0) is 69.1 Å². The molecule has 10 rings (SSSR count). The van der Waals surface area contributed by atoms with Crippen LogP contribution in [0.3, 0.4) is 0 Å². The Morgan fingerprint density at radius 2 is 1.12 bits per heavy atom. The second-order valence-electron chi connectivity index (χ2n) is 16.4. The molecule has 4 bridgehead atoms. The third-order valence-corrected chi connectivity index (χ3v) is 13.9. The second-order valence-corrected chi connectivity index (χ2v) is 16.4. The van der Waals surface area contributed by atoms with Gasteiger partial charge in [-0.2, -0.15) is 26.3 Å². The van der Waals surface area contributed by atoms with Crippen LogP contribution >= 0.6 is 0 Å². The maximum absolute atomic E-state index is 15.1. The Morgan fingerprint density at radius 1 is 0.608 bits per heavy atom. The van der Waals surface area contributed by atoms with E-state index in [4.69, 9.17) is 48.0 Å². The van der Waals surface area contributed by atoms with Gasteiger partial charge < -0.3 is 28.4 Å². The van der Waals surface area contributed by atoms with E-state index in [9.17, 15) is 0 Å². The molecular formula is C35H48F6O10. The highest BCUT2D eigenvalue weighted by molar-refractivity contribution is 5.14. The number of hydrogen-bond donors (Lipinski definition) is 0. The third-order valence-electron chi connectivity index (χ3n) is 13.9. The molecule has 8 heterocycles. The predicted molar refractivity (Wildman–Crippen MR) is 160 cm³/mol. The van der Waals surface area contributed by atoms with E-state index >= 15 is 26.3 Å². The summed E-state index contributed by atoms with van der Waals surface area (Å²) >= 11 is 0. The maximum Gasteiger partial charge on any atom is 0.443 e. The molecule has 10 aliphatic rings. The van der Waals surface area contributed by atoms with Crippen molar-refractivity contribution < 1.29 is 74.3 Å². The fourth-order valence-electron chi connectivity index (χ4n) is 11.3. The molecule has 51 heavy (non-hydrogen) atoms. The highest BCUT2D eigenvalue weighted by Crippen LogP contribution is 2.65. The van der Waals surface area contributed by atoms with Crippen molar-refractivity contribution in [1.29, 1.82) is 0 Å². The third kappa shape index (κ3) is 5.13. The molecule has 0 unspecified atom stereocenters. The van der Waals surface area contributed by atoms with Crippen molar-refractivity contribution in [3.8, 4) is 0 Å². The lowest BCUT2D eigenvalue weighted by atomic mass is 9.57. The first-order valence-corrected chi connectivity index (χ1v) is 18.4. The zero-order chi connectivity index (χ0) is 36.4. The van der Waals surface area contributed by atoms with Crippen LogP contribution in [-0.4, -0.2) is 73.0 Å². The first kappa shape index (κ1) is 36.9. The molecule has 8 saturated heterocycles. The summed E-state index contributed by atoms with van der Waals surface area (Å²) in [6, 6.07) is 0. The Kier molecular flexibility index (Phi) is 8.83. The molecule has 0 aromatic heterocycles. The average Bonchev–Trinajstić information content (AvgIpc) is 3.47. The number of ether oxygens (including phenoxy) is 6. The van der Waals surface area contributed by atoms with Gasteiger partial charge in [0.1, 0.15) is 0 Å². The Morgan fingerprint density at radius 3 is 1.69 bits per heavy atom. The van der Waals surface area contributed by atoms with E-state index in [-0.39, 0.29) is 23.7 Å². The Bertz CT molecular complexity index is 1370. The molecule has 290 valence electrons. The minimum absolute atomic E-state index is 0.136. The standard InChI is InChI=1S/C35H48F6O10/c1-18-8-10-24-20(3)32(34(36,37)38,46-27-30(24)22(18)12-13-26(44-27)48-50-30)42-16-6-7-17-43-33(35(39,40)41)21(4)25-11-9-19(2)23-14-15-29(5)45-28(47-33)31(23,25)51-49-29/h6-7,18-28H,8-17H2,1-5H3/t18-,19-,20-,21-,22+,23+,24+,25+,26+,27+,28+,29+,30-,31-,32-,33-/m1/s1. The van der Waals surface area contributed by atoms with Crippen molar-refractivity contribution in [2.75, 3.05) is 13.2 Å². The number of halogens is 6. The molecule has 16 atom stereocenters. The van der Waals surface area contributed by atoms with Crippen LogP contribution in [-0.2, 0) is 48.0 Å². The van der Waals surface area contributed by atoms with E-state index in [0.717, 1.165) is 0 Å². The quantitative estimate of drug-likeness (QED) is 0.155. The first-order chi connectivity index (χ1) is 23.9. The molecule has 2 saturated carbocycles. The molecule has 8 aliphatic heterocycles. The van der Waals surface area contributed by atoms with Crippen LogP contribution < -0.4 is 0 Å². The lowest BCUT2D eigenvalue weighted by Crippen LogP contribution is -2.76. The van der Waals surface area contributed by atoms with Crippen molar-refractivity contribution in [1.82, 2.24) is 0 Å². The van der Waals surface area contributed by atoms with E-state index in [0.29, 0.717) is 51.4 Å². The molecular weight excluding hydrogens is 694 g/mol. The van der Waals surface area contributed by atoms with Crippen molar-refractivity contribution in [3.05, 3.63) is 12.2 Å². The van der Waals surface area contributed by atoms with Crippen LogP contribution in [0.2, 0.25) is 0 Å². The van der Waals surface area contributed by atoms with E-state index < -0.39 is 96.7 Å². The van der Waals surface area contributed by atoms with E-state index in [1.54, 1.807) is 6.92 Å².